The summed E-state index contributed by atoms with van der Waals surface area (Å²) in [6.45, 7) is 6.21. The zero-order valence-corrected chi connectivity index (χ0v) is 14.8. The van der Waals surface area contributed by atoms with Crippen molar-refractivity contribution in [2.45, 2.75) is 26.7 Å². The van der Waals surface area contributed by atoms with Crippen LogP contribution in [0.2, 0.25) is 5.15 Å². The van der Waals surface area contributed by atoms with Crippen LogP contribution in [0.15, 0.2) is 27.1 Å². The summed E-state index contributed by atoms with van der Waals surface area (Å²) in [6, 6.07) is 6.04. The number of nitrogens with zero attached hydrogens (tertiary/aromatic N) is 2. The molecule has 0 atom stereocenters. The monoisotopic (exact) mass is 402 g/mol. The van der Waals surface area contributed by atoms with E-state index in [9.17, 15) is 0 Å². The van der Waals surface area contributed by atoms with Crippen molar-refractivity contribution in [2.75, 3.05) is 0 Å². The maximum atomic E-state index is 6.18. The molecule has 0 saturated heterocycles. The summed E-state index contributed by atoms with van der Waals surface area (Å²) >= 11 is 13.1. The quantitative estimate of drug-likeness (QED) is 0.595. The van der Waals surface area contributed by atoms with Crippen LogP contribution in [0.5, 0.6) is 0 Å². The first-order chi connectivity index (χ1) is 8.90. The lowest BCUT2D eigenvalue weighted by Crippen LogP contribution is -2.00. The highest BCUT2D eigenvalue weighted by molar-refractivity contribution is 9.10. The fraction of sp³-hybridized carbons (Fsp3) is 0.286. The average molecular weight is 405 g/mol. The molecule has 0 bridgehead atoms. The zero-order chi connectivity index (χ0) is 14.2. The first-order valence-corrected chi connectivity index (χ1v) is 7.86. The number of aryl methyl sites for hydroxylation is 1. The Labute approximate surface area is 134 Å². The van der Waals surface area contributed by atoms with E-state index in [2.05, 4.69) is 55.7 Å². The molecular weight excluding hydrogens is 391 g/mol. The van der Waals surface area contributed by atoms with Crippen LogP contribution in [0.25, 0.3) is 11.4 Å². The Kier molecular flexibility index (Phi) is 4.64. The van der Waals surface area contributed by atoms with Crippen molar-refractivity contribution in [2.24, 2.45) is 0 Å². The standard InChI is InChI=1S/C14H13Br2ClN2/c1-7(2)12-11(16)13(17)19-14(18-12)9-4-5-10(15)8(3)6-9/h4-7H,1-3H3. The number of rotatable bonds is 2. The van der Waals surface area contributed by atoms with Crippen molar-refractivity contribution in [1.82, 2.24) is 9.97 Å². The van der Waals surface area contributed by atoms with Crippen LogP contribution in [0.4, 0.5) is 0 Å². The molecule has 1 aromatic carbocycles. The predicted octanol–water partition coefficient (Wildman–Crippen LogP) is 5.75. The molecular formula is C14H13Br2ClN2. The third-order valence-corrected chi connectivity index (χ3v) is 4.97. The summed E-state index contributed by atoms with van der Waals surface area (Å²) in [4.78, 5) is 8.96. The Morgan fingerprint density at radius 1 is 1.16 bits per heavy atom. The highest BCUT2D eigenvalue weighted by Crippen LogP contribution is 2.31. The number of halogens is 3. The molecule has 100 valence electrons. The van der Waals surface area contributed by atoms with Gasteiger partial charge in [0.1, 0.15) is 5.15 Å². The summed E-state index contributed by atoms with van der Waals surface area (Å²) < 4.78 is 1.85. The average Bonchev–Trinajstić information content (AvgIpc) is 2.35. The van der Waals surface area contributed by atoms with E-state index in [0.717, 1.165) is 25.8 Å². The molecule has 0 unspecified atom stereocenters. The first-order valence-electron chi connectivity index (χ1n) is 5.89. The van der Waals surface area contributed by atoms with Gasteiger partial charge in [-0.2, -0.15) is 0 Å². The summed E-state index contributed by atoms with van der Waals surface area (Å²) in [7, 11) is 0. The summed E-state index contributed by atoms with van der Waals surface area (Å²) in [5, 5.41) is 0.453. The molecule has 0 fully saturated rings. The highest BCUT2D eigenvalue weighted by Gasteiger charge is 2.15. The van der Waals surface area contributed by atoms with Gasteiger partial charge in [0, 0.05) is 10.0 Å². The van der Waals surface area contributed by atoms with Crippen LogP contribution < -0.4 is 0 Å². The van der Waals surface area contributed by atoms with Crippen molar-refractivity contribution in [1.29, 1.82) is 0 Å². The number of aromatic nitrogens is 2. The molecule has 2 aromatic rings. The molecule has 0 N–H and O–H groups in total. The van der Waals surface area contributed by atoms with Crippen LogP contribution in [0, 0.1) is 6.92 Å². The SMILES string of the molecule is Cc1cc(-c2nc(Cl)c(Br)c(C(C)C)n2)ccc1Br. The molecule has 0 aliphatic rings. The lowest BCUT2D eigenvalue weighted by molar-refractivity contribution is 0.809. The molecule has 2 rings (SSSR count). The lowest BCUT2D eigenvalue weighted by atomic mass is 10.1. The van der Waals surface area contributed by atoms with Gasteiger partial charge in [-0.25, -0.2) is 9.97 Å². The molecule has 5 heteroatoms. The van der Waals surface area contributed by atoms with Crippen LogP contribution in [-0.2, 0) is 0 Å². The van der Waals surface area contributed by atoms with Crippen LogP contribution in [-0.4, -0.2) is 9.97 Å². The van der Waals surface area contributed by atoms with E-state index in [4.69, 9.17) is 11.6 Å². The fourth-order valence-electron chi connectivity index (χ4n) is 1.73. The second kappa shape index (κ2) is 5.90. The van der Waals surface area contributed by atoms with E-state index in [-0.39, 0.29) is 5.92 Å². The third kappa shape index (κ3) is 3.18. The molecule has 0 amide bonds. The predicted molar refractivity (Wildman–Crippen MR) is 86.7 cm³/mol. The molecule has 0 spiro atoms. The Hall–Kier alpha value is -0.450. The number of hydrogen-bond acceptors (Lipinski definition) is 2. The van der Waals surface area contributed by atoms with Gasteiger partial charge in [-0.1, -0.05) is 47.4 Å². The Morgan fingerprint density at radius 3 is 2.42 bits per heavy atom. The van der Waals surface area contributed by atoms with Gasteiger partial charge < -0.3 is 0 Å². The summed E-state index contributed by atoms with van der Waals surface area (Å²) in [5.74, 6) is 0.942. The Bertz CT molecular complexity index is 627. The third-order valence-electron chi connectivity index (χ3n) is 2.80. The van der Waals surface area contributed by atoms with Gasteiger partial charge in [0.05, 0.1) is 10.2 Å². The van der Waals surface area contributed by atoms with Crippen molar-refractivity contribution >= 4 is 43.5 Å². The highest BCUT2D eigenvalue weighted by atomic mass is 79.9. The second-order valence-electron chi connectivity index (χ2n) is 4.66. The smallest absolute Gasteiger partial charge is 0.161 e. The van der Waals surface area contributed by atoms with Crippen LogP contribution >= 0.6 is 43.5 Å². The Morgan fingerprint density at radius 2 is 1.84 bits per heavy atom. The second-order valence-corrected chi connectivity index (χ2v) is 6.66. The van der Waals surface area contributed by atoms with E-state index < -0.39 is 0 Å². The van der Waals surface area contributed by atoms with Gasteiger partial charge in [0.15, 0.2) is 5.82 Å². The van der Waals surface area contributed by atoms with Crippen molar-refractivity contribution in [3.63, 3.8) is 0 Å². The lowest BCUT2D eigenvalue weighted by Gasteiger charge is -2.11. The van der Waals surface area contributed by atoms with Crippen molar-refractivity contribution in [3.05, 3.63) is 43.6 Å². The van der Waals surface area contributed by atoms with E-state index in [1.54, 1.807) is 0 Å². The van der Waals surface area contributed by atoms with Crippen molar-refractivity contribution in [3.8, 4) is 11.4 Å². The van der Waals surface area contributed by atoms with Gasteiger partial charge in [-0.05, 0) is 46.5 Å². The van der Waals surface area contributed by atoms with Gasteiger partial charge in [-0.3, -0.25) is 0 Å². The molecule has 1 aromatic heterocycles. The van der Waals surface area contributed by atoms with Crippen molar-refractivity contribution < 1.29 is 0 Å². The largest absolute Gasteiger partial charge is 0.232 e. The maximum absolute atomic E-state index is 6.18. The molecule has 0 saturated carbocycles. The van der Waals surface area contributed by atoms with E-state index in [1.807, 2.05) is 25.1 Å². The van der Waals surface area contributed by atoms with E-state index in [0.29, 0.717) is 11.0 Å². The first kappa shape index (κ1) is 14.9. The van der Waals surface area contributed by atoms with E-state index in [1.165, 1.54) is 0 Å². The van der Waals surface area contributed by atoms with Gasteiger partial charge >= 0.3 is 0 Å². The van der Waals surface area contributed by atoms with Crippen LogP contribution in [0.1, 0.15) is 31.0 Å². The summed E-state index contributed by atoms with van der Waals surface area (Å²) in [6.07, 6.45) is 0. The van der Waals surface area contributed by atoms with Gasteiger partial charge in [0.2, 0.25) is 0 Å². The number of benzene rings is 1. The minimum absolute atomic E-state index is 0.283. The summed E-state index contributed by atoms with van der Waals surface area (Å²) in [5.41, 5.74) is 3.04. The zero-order valence-electron chi connectivity index (χ0n) is 10.8. The van der Waals surface area contributed by atoms with Gasteiger partial charge in [-0.15, -0.1) is 0 Å². The molecule has 0 aliphatic carbocycles. The van der Waals surface area contributed by atoms with Crippen LogP contribution in [0.3, 0.4) is 0 Å². The number of hydrogen-bond donors (Lipinski definition) is 0. The maximum Gasteiger partial charge on any atom is 0.161 e. The minimum Gasteiger partial charge on any atom is -0.232 e. The molecule has 0 aliphatic heterocycles. The topological polar surface area (TPSA) is 25.8 Å². The molecule has 2 nitrogen and oxygen atoms in total. The molecule has 1 heterocycles. The normalized spacial score (nSPS) is 11.1. The van der Waals surface area contributed by atoms with E-state index >= 15 is 0 Å². The Balaban J connectivity index is 2.59. The fourth-order valence-corrected chi connectivity index (χ4v) is 2.79. The van der Waals surface area contributed by atoms with Gasteiger partial charge in [0.25, 0.3) is 0 Å². The minimum atomic E-state index is 0.283. The molecule has 0 radical (unpaired) electrons. The molecule has 19 heavy (non-hydrogen) atoms.